The number of rotatable bonds is 4. The molecule has 26 heavy (non-hydrogen) atoms. The average Bonchev–Trinajstić information content (AvgIpc) is 2.99. The van der Waals surface area contributed by atoms with Crippen molar-refractivity contribution in [1.29, 1.82) is 0 Å². The molecule has 3 aromatic carbocycles. The van der Waals surface area contributed by atoms with Crippen LogP contribution in [0.5, 0.6) is 0 Å². The summed E-state index contributed by atoms with van der Waals surface area (Å²) in [6.07, 6.45) is 1.63. The number of ether oxygens (including phenoxy) is 1. The second-order valence-corrected chi connectivity index (χ2v) is 6.25. The number of cyclic esters (lactones) is 1. The van der Waals surface area contributed by atoms with Crippen LogP contribution in [-0.2, 0) is 11.3 Å². The van der Waals surface area contributed by atoms with E-state index in [-0.39, 0.29) is 12.1 Å². The summed E-state index contributed by atoms with van der Waals surface area (Å²) >= 11 is 0. The summed E-state index contributed by atoms with van der Waals surface area (Å²) in [6.45, 7) is 0.505. The van der Waals surface area contributed by atoms with E-state index in [0.717, 1.165) is 16.7 Å². The molecule has 1 atom stereocenters. The van der Waals surface area contributed by atoms with Crippen LogP contribution in [-0.4, -0.2) is 11.0 Å². The lowest BCUT2D eigenvalue weighted by atomic mass is 10.0. The molecule has 1 saturated heterocycles. The van der Waals surface area contributed by atoms with Crippen molar-refractivity contribution in [2.24, 2.45) is 0 Å². The summed E-state index contributed by atoms with van der Waals surface area (Å²) in [6, 6.07) is 29.7. The van der Waals surface area contributed by atoms with Gasteiger partial charge in [0.05, 0.1) is 6.54 Å². The Morgan fingerprint density at radius 2 is 1.38 bits per heavy atom. The van der Waals surface area contributed by atoms with Crippen LogP contribution in [0.25, 0.3) is 6.08 Å². The molecule has 0 N–H and O–H groups in total. The molecule has 3 heteroatoms. The van der Waals surface area contributed by atoms with E-state index in [2.05, 4.69) is 0 Å². The second kappa shape index (κ2) is 7.28. The van der Waals surface area contributed by atoms with E-state index in [1.807, 2.05) is 97.1 Å². The standard InChI is InChI=1S/C23H19NO2/c25-23-24(17-19-12-6-2-7-13-19)22(20-14-8-3-9-15-20)21(26-23)16-18-10-4-1-5-11-18/h1-16,22H,17H2/b21-16-. The summed E-state index contributed by atoms with van der Waals surface area (Å²) in [7, 11) is 0. The lowest BCUT2D eigenvalue weighted by Gasteiger charge is -2.22. The Balaban J connectivity index is 1.73. The minimum absolute atomic E-state index is 0.232. The van der Waals surface area contributed by atoms with Gasteiger partial charge in [0.15, 0.2) is 0 Å². The van der Waals surface area contributed by atoms with E-state index in [4.69, 9.17) is 4.74 Å². The normalized spacial score (nSPS) is 18.2. The molecule has 0 spiro atoms. The van der Waals surface area contributed by atoms with Crippen LogP contribution in [0.15, 0.2) is 96.8 Å². The zero-order valence-corrected chi connectivity index (χ0v) is 14.3. The fraction of sp³-hybridized carbons (Fsp3) is 0.0870. The Morgan fingerprint density at radius 1 is 0.808 bits per heavy atom. The van der Waals surface area contributed by atoms with Crippen LogP contribution in [0.4, 0.5) is 4.79 Å². The molecule has 0 aliphatic carbocycles. The first-order valence-corrected chi connectivity index (χ1v) is 8.65. The van der Waals surface area contributed by atoms with E-state index in [0.29, 0.717) is 12.3 Å². The number of benzene rings is 3. The van der Waals surface area contributed by atoms with Crippen molar-refractivity contribution in [2.75, 3.05) is 0 Å². The monoisotopic (exact) mass is 341 g/mol. The fourth-order valence-electron chi connectivity index (χ4n) is 3.21. The molecule has 1 aliphatic heterocycles. The molecule has 1 aliphatic rings. The van der Waals surface area contributed by atoms with E-state index >= 15 is 0 Å². The first-order chi connectivity index (χ1) is 12.8. The highest BCUT2D eigenvalue weighted by Crippen LogP contribution is 2.38. The van der Waals surface area contributed by atoms with Gasteiger partial charge in [0.1, 0.15) is 11.8 Å². The van der Waals surface area contributed by atoms with Gasteiger partial charge >= 0.3 is 6.09 Å². The molecule has 3 aromatic rings. The molecule has 0 radical (unpaired) electrons. The van der Waals surface area contributed by atoms with Gasteiger partial charge < -0.3 is 4.74 Å². The Bertz CT molecular complexity index is 905. The van der Waals surface area contributed by atoms with Gasteiger partial charge in [-0.05, 0) is 22.8 Å². The van der Waals surface area contributed by atoms with Crippen LogP contribution < -0.4 is 0 Å². The SMILES string of the molecule is O=C1O/C(=C\c2ccccc2)C(c2ccccc2)N1Cc1ccccc1. The molecule has 1 heterocycles. The molecule has 0 aromatic heterocycles. The van der Waals surface area contributed by atoms with Gasteiger partial charge in [0, 0.05) is 0 Å². The summed E-state index contributed by atoms with van der Waals surface area (Å²) in [4.78, 5) is 14.4. The van der Waals surface area contributed by atoms with E-state index in [1.165, 1.54) is 0 Å². The first-order valence-electron chi connectivity index (χ1n) is 8.65. The van der Waals surface area contributed by atoms with Gasteiger partial charge in [-0.2, -0.15) is 0 Å². The minimum Gasteiger partial charge on any atom is -0.412 e. The minimum atomic E-state index is -0.315. The predicted octanol–water partition coefficient (Wildman–Crippen LogP) is 5.42. The van der Waals surface area contributed by atoms with E-state index < -0.39 is 0 Å². The molecule has 1 amide bonds. The maximum absolute atomic E-state index is 12.6. The maximum atomic E-state index is 12.6. The van der Waals surface area contributed by atoms with E-state index in [1.54, 1.807) is 4.90 Å². The molecule has 0 saturated carbocycles. The summed E-state index contributed by atoms with van der Waals surface area (Å²) < 4.78 is 5.67. The molecule has 1 fully saturated rings. The maximum Gasteiger partial charge on any atom is 0.416 e. The largest absolute Gasteiger partial charge is 0.416 e. The third-order valence-electron chi connectivity index (χ3n) is 4.44. The molecule has 1 unspecified atom stereocenters. The Labute approximate surface area is 153 Å². The lowest BCUT2D eigenvalue weighted by molar-refractivity contribution is 0.163. The molecular formula is C23H19NO2. The molecule has 3 nitrogen and oxygen atoms in total. The number of amides is 1. The second-order valence-electron chi connectivity index (χ2n) is 6.25. The average molecular weight is 341 g/mol. The Hall–Kier alpha value is -3.33. The quantitative estimate of drug-likeness (QED) is 0.634. The number of carbonyl (C=O) groups is 1. The van der Waals surface area contributed by atoms with Crippen LogP contribution in [0.2, 0.25) is 0 Å². The molecule has 128 valence electrons. The first kappa shape index (κ1) is 16.2. The van der Waals surface area contributed by atoms with Crippen LogP contribution in [0.3, 0.4) is 0 Å². The van der Waals surface area contributed by atoms with Crippen molar-refractivity contribution in [3.63, 3.8) is 0 Å². The summed E-state index contributed by atoms with van der Waals surface area (Å²) in [5.41, 5.74) is 3.13. The highest BCUT2D eigenvalue weighted by atomic mass is 16.6. The predicted molar refractivity (Wildman–Crippen MR) is 102 cm³/mol. The van der Waals surface area contributed by atoms with Crippen LogP contribution in [0.1, 0.15) is 22.7 Å². The van der Waals surface area contributed by atoms with Crippen molar-refractivity contribution in [2.45, 2.75) is 12.6 Å². The van der Waals surface area contributed by atoms with Crippen molar-refractivity contribution in [3.8, 4) is 0 Å². The van der Waals surface area contributed by atoms with Crippen LogP contribution in [0, 0.1) is 0 Å². The smallest absolute Gasteiger partial charge is 0.412 e. The molecular weight excluding hydrogens is 322 g/mol. The van der Waals surface area contributed by atoms with Crippen molar-refractivity contribution < 1.29 is 9.53 Å². The Morgan fingerprint density at radius 3 is 2.04 bits per heavy atom. The molecule has 0 bridgehead atoms. The van der Waals surface area contributed by atoms with Crippen molar-refractivity contribution in [1.82, 2.24) is 4.90 Å². The highest BCUT2D eigenvalue weighted by Gasteiger charge is 2.38. The molecule has 4 rings (SSSR count). The lowest BCUT2D eigenvalue weighted by Crippen LogP contribution is -2.26. The van der Waals surface area contributed by atoms with Gasteiger partial charge in [-0.15, -0.1) is 0 Å². The number of hydrogen-bond donors (Lipinski definition) is 0. The van der Waals surface area contributed by atoms with Crippen LogP contribution >= 0.6 is 0 Å². The highest BCUT2D eigenvalue weighted by molar-refractivity contribution is 5.76. The van der Waals surface area contributed by atoms with Gasteiger partial charge in [0.2, 0.25) is 0 Å². The van der Waals surface area contributed by atoms with Gasteiger partial charge in [-0.3, -0.25) is 4.90 Å². The van der Waals surface area contributed by atoms with Gasteiger partial charge in [-0.1, -0.05) is 91.0 Å². The fourth-order valence-corrected chi connectivity index (χ4v) is 3.21. The number of carbonyl (C=O) groups excluding carboxylic acids is 1. The summed E-state index contributed by atoms with van der Waals surface area (Å²) in [5.74, 6) is 0.656. The van der Waals surface area contributed by atoms with Crippen molar-refractivity contribution >= 4 is 12.2 Å². The summed E-state index contributed by atoms with van der Waals surface area (Å²) in [5, 5.41) is 0. The van der Waals surface area contributed by atoms with E-state index in [9.17, 15) is 4.79 Å². The Kier molecular flexibility index (Phi) is 4.52. The zero-order valence-electron chi connectivity index (χ0n) is 14.3. The van der Waals surface area contributed by atoms with Gasteiger partial charge in [-0.25, -0.2) is 4.79 Å². The topological polar surface area (TPSA) is 29.5 Å². The third-order valence-corrected chi connectivity index (χ3v) is 4.44. The zero-order chi connectivity index (χ0) is 17.8. The van der Waals surface area contributed by atoms with Gasteiger partial charge in [0.25, 0.3) is 0 Å². The number of nitrogens with zero attached hydrogens (tertiary/aromatic N) is 1. The number of hydrogen-bond acceptors (Lipinski definition) is 2. The third kappa shape index (κ3) is 3.38. The van der Waals surface area contributed by atoms with Crippen molar-refractivity contribution in [3.05, 3.63) is 113 Å².